The van der Waals surface area contributed by atoms with Gasteiger partial charge >= 0.3 is 0 Å². The van der Waals surface area contributed by atoms with E-state index in [-0.39, 0.29) is 6.61 Å². The van der Waals surface area contributed by atoms with Gasteiger partial charge < -0.3 is 14.8 Å². The van der Waals surface area contributed by atoms with Crippen LogP contribution in [0.15, 0.2) is 24.3 Å². The van der Waals surface area contributed by atoms with Gasteiger partial charge in [0.25, 0.3) is 5.91 Å². The van der Waals surface area contributed by atoms with E-state index in [1.807, 2.05) is 6.07 Å². The Morgan fingerprint density at radius 2 is 2.32 bits per heavy atom. The topological polar surface area (TPSA) is 71.3 Å². The first-order chi connectivity index (χ1) is 9.21. The molecular weight excluding hydrogens is 244 g/mol. The monoisotopic (exact) mass is 258 g/mol. The summed E-state index contributed by atoms with van der Waals surface area (Å²) in [5.74, 6) is 5.44. The van der Waals surface area contributed by atoms with Gasteiger partial charge in [0, 0.05) is 5.56 Å². The number of hydrogen-bond donors (Lipinski definition) is 1. The van der Waals surface area contributed by atoms with Gasteiger partial charge in [-0.2, -0.15) is 5.26 Å². The summed E-state index contributed by atoms with van der Waals surface area (Å²) in [7, 11) is 1.52. The maximum absolute atomic E-state index is 11.9. The molecule has 19 heavy (non-hydrogen) atoms. The van der Waals surface area contributed by atoms with Crippen LogP contribution in [0, 0.1) is 23.2 Å². The molecule has 0 saturated carbocycles. The van der Waals surface area contributed by atoms with Crippen molar-refractivity contribution in [3.8, 4) is 23.7 Å². The second-order valence-corrected chi connectivity index (χ2v) is 3.45. The highest BCUT2D eigenvalue weighted by Crippen LogP contribution is 2.12. The van der Waals surface area contributed by atoms with E-state index in [0.29, 0.717) is 11.3 Å². The number of rotatable bonds is 5. The average Bonchev–Trinajstić information content (AvgIpc) is 2.46. The van der Waals surface area contributed by atoms with Crippen LogP contribution >= 0.6 is 0 Å². The Hall–Kier alpha value is -2.50. The number of hydrogen-bond acceptors (Lipinski definition) is 4. The molecule has 1 unspecified atom stereocenters. The van der Waals surface area contributed by atoms with Crippen molar-refractivity contribution in [1.82, 2.24) is 5.32 Å². The summed E-state index contributed by atoms with van der Waals surface area (Å²) >= 11 is 0. The number of benzene rings is 1. The molecule has 1 atom stereocenters. The lowest BCUT2D eigenvalue weighted by Gasteiger charge is -2.11. The number of nitriles is 1. The largest absolute Gasteiger partial charge is 0.497 e. The maximum atomic E-state index is 11.9. The predicted molar refractivity (Wildman–Crippen MR) is 69.3 cm³/mol. The van der Waals surface area contributed by atoms with Crippen molar-refractivity contribution < 1.29 is 14.3 Å². The molecule has 0 spiro atoms. The Labute approximate surface area is 112 Å². The lowest BCUT2D eigenvalue weighted by Crippen LogP contribution is -2.35. The highest BCUT2D eigenvalue weighted by atomic mass is 16.5. The van der Waals surface area contributed by atoms with Crippen LogP contribution in [0.1, 0.15) is 17.3 Å². The van der Waals surface area contributed by atoms with Gasteiger partial charge in [0.1, 0.15) is 18.4 Å². The molecule has 98 valence electrons. The third-order valence-corrected chi connectivity index (χ3v) is 2.21. The third-order valence-electron chi connectivity index (χ3n) is 2.21. The van der Waals surface area contributed by atoms with E-state index in [1.54, 1.807) is 31.2 Å². The highest BCUT2D eigenvalue weighted by molar-refractivity contribution is 5.94. The molecule has 0 radical (unpaired) electrons. The molecule has 5 nitrogen and oxygen atoms in total. The van der Waals surface area contributed by atoms with Crippen LogP contribution in [-0.4, -0.2) is 25.9 Å². The van der Waals surface area contributed by atoms with Gasteiger partial charge in [0.15, 0.2) is 0 Å². The molecule has 1 N–H and O–H groups in total. The van der Waals surface area contributed by atoms with Crippen molar-refractivity contribution in [3.63, 3.8) is 0 Å². The fraction of sp³-hybridized carbons (Fsp3) is 0.286. The molecule has 0 saturated heterocycles. The standard InChI is InChI=1S/C14H14N2O3/c1-3-4-8-19-13(10-15)16-14(17)11-6-5-7-12(9-11)18-2/h5-7,9,13H,8H2,1-2H3,(H,16,17). The molecule has 0 bridgehead atoms. The Morgan fingerprint density at radius 1 is 1.53 bits per heavy atom. The molecular formula is C14H14N2O3. The molecule has 1 rings (SSSR count). The van der Waals surface area contributed by atoms with Crippen molar-refractivity contribution >= 4 is 5.91 Å². The van der Waals surface area contributed by atoms with Crippen molar-refractivity contribution in [2.45, 2.75) is 13.2 Å². The van der Waals surface area contributed by atoms with Crippen molar-refractivity contribution in [3.05, 3.63) is 29.8 Å². The van der Waals surface area contributed by atoms with Crippen LogP contribution in [0.4, 0.5) is 0 Å². The summed E-state index contributed by atoms with van der Waals surface area (Å²) in [5.41, 5.74) is 0.393. The minimum absolute atomic E-state index is 0.0904. The molecule has 1 aromatic rings. The molecule has 1 aromatic carbocycles. The van der Waals surface area contributed by atoms with Crippen LogP contribution in [0.25, 0.3) is 0 Å². The first-order valence-electron chi connectivity index (χ1n) is 5.57. The van der Waals surface area contributed by atoms with Crippen molar-refractivity contribution in [2.24, 2.45) is 0 Å². The lowest BCUT2D eigenvalue weighted by molar-refractivity contribution is 0.0684. The summed E-state index contributed by atoms with van der Waals surface area (Å²) in [5, 5.41) is 11.3. The van der Waals surface area contributed by atoms with Gasteiger partial charge in [-0.25, -0.2) is 0 Å². The second-order valence-electron chi connectivity index (χ2n) is 3.45. The molecule has 0 heterocycles. The number of amides is 1. The van der Waals surface area contributed by atoms with Gasteiger partial charge in [0.2, 0.25) is 6.23 Å². The van der Waals surface area contributed by atoms with Crippen LogP contribution in [0.2, 0.25) is 0 Å². The second kappa shape index (κ2) is 7.75. The predicted octanol–water partition coefficient (Wildman–Crippen LogP) is 1.31. The van der Waals surface area contributed by atoms with E-state index in [4.69, 9.17) is 14.7 Å². The first-order valence-corrected chi connectivity index (χ1v) is 5.57. The minimum atomic E-state index is -1.03. The fourth-order valence-electron chi connectivity index (χ4n) is 1.28. The summed E-state index contributed by atoms with van der Waals surface area (Å²) in [4.78, 5) is 11.9. The normalized spacial score (nSPS) is 10.6. The quantitative estimate of drug-likeness (QED) is 0.638. The van der Waals surface area contributed by atoms with E-state index >= 15 is 0 Å². The zero-order valence-corrected chi connectivity index (χ0v) is 10.8. The highest BCUT2D eigenvalue weighted by Gasteiger charge is 2.13. The van der Waals surface area contributed by atoms with Gasteiger partial charge in [-0.15, -0.1) is 5.92 Å². The Bertz CT molecular complexity index is 538. The number of nitrogens with one attached hydrogen (secondary N) is 1. The molecule has 0 aliphatic heterocycles. The Kier molecular flexibility index (Phi) is 5.94. The molecule has 0 aliphatic rings. The number of carbonyl (C=O) groups excluding carboxylic acids is 1. The van der Waals surface area contributed by atoms with Crippen molar-refractivity contribution in [2.75, 3.05) is 13.7 Å². The smallest absolute Gasteiger partial charge is 0.254 e. The van der Waals surface area contributed by atoms with Gasteiger partial charge in [-0.05, 0) is 25.1 Å². The fourth-order valence-corrected chi connectivity index (χ4v) is 1.28. The van der Waals surface area contributed by atoms with E-state index in [9.17, 15) is 4.79 Å². The van der Waals surface area contributed by atoms with Crippen LogP contribution in [0.5, 0.6) is 5.75 Å². The van der Waals surface area contributed by atoms with Gasteiger partial charge in [0.05, 0.1) is 7.11 Å². The number of carbonyl (C=O) groups is 1. The number of ether oxygens (including phenoxy) is 2. The SMILES string of the molecule is CC#CCOC(C#N)NC(=O)c1cccc(OC)c1. The Morgan fingerprint density at radius 3 is 2.95 bits per heavy atom. The molecule has 0 fully saturated rings. The summed E-state index contributed by atoms with van der Waals surface area (Å²) < 4.78 is 10.1. The van der Waals surface area contributed by atoms with Crippen LogP contribution < -0.4 is 10.1 Å². The lowest BCUT2D eigenvalue weighted by atomic mass is 10.2. The van der Waals surface area contributed by atoms with Crippen molar-refractivity contribution in [1.29, 1.82) is 5.26 Å². The van der Waals surface area contributed by atoms with Crippen LogP contribution in [-0.2, 0) is 4.74 Å². The van der Waals surface area contributed by atoms with E-state index in [2.05, 4.69) is 17.2 Å². The molecule has 5 heteroatoms. The maximum Gasteiger partial charge on any atom is 0.254 e. The van der Waals surface area contributed by atoms with E-state index in [1.165, 1.54) is 7.11 Å². The number of nitrogens with zero attached hydrogens (tertiary/aromatic N) is 1. The van der Waals surface area contributed by atoms with E-state index < -0.39 is 12.1 Å². The zero-order chi connectivity index (χ0) is 14.1. The van der Waals surface area contributed by atoms with E-state index in [0.717, 1.165) is 0 Å². The average molecular weight is 258 g/mol. The molecule has 0 aliphatic carbocycles. The molecule has 1 amide bonds. The molecule has 0 aromatic heterocycles. The summed E-state index contributed by atoms with van der Waals surface area (Å²) in [6.07, 6.45) is -1.03. The summed E-state index contributed by atoms with van der Waals surface area (Å²) in [6, 6.07) is 8.46. The zero-order valence-electron chi connectivity index (χ0n) is 10.8. The van der Waals surface area contributed by atoms with Crippen LogP contribution in [0.3, 0.4) is 0 Å². The first kappa shape index (κ1) is 14.6. The number of methoxy groups -OCH3 is 1. The van der Waals surface area contributed by atoms with Gasteiger partial charge in [-0.1, -0.05) is 12.0 Å². The van der Waals surface area contributed by atoms with Gasteiger partial charge in [-0.3, -0.25) is 4.79 Å². The Balaban J connectivity index is 2.65. The minimum Gasteiger partial charge on any atom is -0.497 e. The summed E-state index contributed by atoms with van der Waals surface area (Å²) in [6.45, 7) is 1.76. The third kappa shape index (κ3) is 4.71.